The Morgan fingerprint density at radius 1 is 1.36 bits per heavy atom. The monoisotopic (exact) mass is 186 g/mol. The Kier molecular flexibility index (Phi) is 1.42. The molecule has 3 rings (SSSR count). The van der Waals surface area contributed by atoms with Crippen LogP contribution in [0, 0.1) is 0 Å². The second kappa shape index (κ2) is 2.61. The van der Waals surface area contributed by atoms with Crippen molar-refractivity contribution < 1.29 is 4.74 Å². The van der Waals surface area contributed by atoms with Gasteiger partial charge in [-0.15, -0.1) is 0 Å². The maximum Gasteiger partial charge on any atom is 0.129 e. The lowest BCUT2D eigenvalue weighted by Crippen LogP contribution is -2.03. The zero-order valence-corrected chi connectivity index (χ0v) is 7.90. The van der Waals surface area contributed by atoms with Crippen LogP contribution < -0.4 is 4.74 Å². The zero-order valence-electron chi connectivity index (χ0n) is 7.90. The van der Waals surface area contributed by atoms with E-state index in [-0.39, 0.29) is 0 Å². The Bertz CT molecular complexity index is 488. The van der Waals surface area contributed by atoms with E-state index >= 15 is 0 Å². The first-order chi connectivity index (χ1) is 6.84. The molecule has 0 unspecified atom stereocenters. The van der Waals surface area contributed by atoms with Crippen molar-refractivity contribution in [1.29, 1.82) is 0 Å². The van der Waals surface area contributed by atoms with Gasteiger partial charge in [0.15, 0.2) is 0 Å². The highest BCUT2D eigenvalue weighted by Gasteiger charge is 2.19. The van der Waals surface area contributed by atoms with Crippen LogP contribution >= 0.6 is 0 Å². The second-order valence-electron chi connectivity index (χ2n) is 3.46. The lowest BCUT2D eigenvalue weighted by Gasteiger charge is -2.15. The van der Waals surface area contributed by atoms with Crippen LogP contribution in [-0.4, -0.2) is 9.78 Å². The SMILES string of the molecule is Cn1cc2c(n1)-c1ccccc1OC2. The van der Waals surface area contributed by atoms with Crippen LogP contribution in [0.2, 0.25) is 0 Å². The average molecular weight is 186 g/mol. The van der Waals surface area contributed by atoms with Crippen LogP contribution in [0.15, 0.2) is 30.5 Å². The number of rotatable bonds is 0. The topological polar surface area (TPSA) is 27.1 Å². The summed E-state index contributed by atoms with van der Waals surface area (Å²) in [6.07, 6.45) is 2.01. The van der Waals surface area contributed by atoms with Crippen molar-refractivity contribution in [2.45, 2.75) is 6.61 Å². The van der Waals surface area contributed by atoms with Crippen molar-refractivity contribution >= 4 is 0 Å². The van der Waals surface area contributed by atoms with E-state index in [1.165, 1.54) is 0 Å². The molecule has 14 heavy (non-hydrogen) atoms. The van der Waals surface area contributed by atoms with Crippen LogP contribution in [-0.2, 0) is 13.7 Å². The van der Waals surface area contributed by atoms with E-state index in [9.17, 15) is 0 Å². The molecule has 1 aromatic heterocycles. The van der Waals surface area contributed by atoms with Gasteiger partial charge in [-0.25, -0.2) is 0 Å². The third-order valence-corrected chi connectivity index (χ3v) is 2.43. The molecule has 70 valence electrons. The first kappa shape index (κ1) is 7.62. The lowest BCUT2D eigenvalue weighted by molar-refractivity contribution is 0.302. The minimum Gasteiger partial charge on any atom is -0.488 e. The molecule has 0 atom stereocenters. The van der Waals surface area contributed by atoms with Gasteiger partial charge in [-0.3, -0.25) is 4.68 Å². The standard InChI is InChI=1S/C11H10N2O/c1-13-6-8-7-14-10-5-3-2-4-9(10)11(8)12-13/h2-6H,7H2,1H3. The van der Waals surface area contributed by atoms with Crippen molar-refractivity contribution in [3.05, 3.63) is 36.0 Å². The first-order valence-electron chi connectivity index (χ1n) is 4.59. The lowest BCUT2D eigenvalue weighted by atomic mass is 10.1. The normalized spacial score (nSPS) is 12.9. The van der Waals surface area contributed by atoms with Crippen molar-refractivity contribution in [2.75, 3.05) is 0 Å². The molecule has 3 nitrogen and oxygen atoms in total. The van der Waals surface area contributed by atoms with Crippen molar-refractivity contribution in [3.63, 3.8) is 0 Å². The molecule has 2 heterocycles. The summed E-state index contributed by atoms with van der Waals surface area (Å²) in [6.45, 7) is 0.625. The molecule has 0 amide bonds. The summed E-state index contributed by atoms with van der Waals surface area (Å²) in [7, 11) is 1.93. The molecule has 0 spiro atoms. The molecule has 0 aliphatic carbocycles. The van der Waals surface area contributed by atoms with Crippen LogP contribution in [0.4, 0.5) is 0 Å². The number of nitrogens with zero attached hydrogens (tertiary/aromatic N) is 2. The van der Waals surface area contributed by atoms with Gasteiger partial charge in [0.1, 0.15) is 18.1 Å². The van der Waals surface area contributed by atoms with Gasteiger partial charge in [0.25, 0.3) is 0 Å². The summed E-state index contributed by atoms with van der Waals surface area (Å²) in [6, 6.07) is 8.01. The fourth-order valence-corrected chi connectivity index (χ4v) is 1.81. The predicted molar refractivity (Wildman–Crippen MR) is 53.0 cm³/mol. The number of fused-ring (bicyclic) bond motifs is 3. The molecule has 0 bridgehead atoms. The number of aryl methyl sites for hydroxylation is 1. The second-order valence-corrected chi connectivity index (χ2v) is 3.46. The summed E-state index contributed by atoms with van der Waals surface area (Å²) >= 11 is 0. The fourth-order valence-electron chi connectivity index (χ4n) is 1.81. The Balaban J connectivity index is 2.28. The van der Waals surface area contributed by atoms with Crippen molar-refractivity contribution in [3.8, 4) is 17.0 Å². The average Bonchev–Trinajstić information content (AvgIpc) is 2.59. The Labute approximate surface area is 81.9 Å². The van der Waals surface area contributed by atoms with E-state index in [1.807, 2.05) is 42.2 Å². The van der Waals surface area contributed by atoms with Crippen molar-refractivity contribution in [1.82, 2.24) is 9.78 Å². The minimum atomic E-state index is 0.625. The highest BCUT2D eigenvalue weighted by molar-refractivity contribution is 5.71. The highest BCUT2D eigenvalue weighted by atomic mass is 16.5. The molecule has 1 aliphatic heterocycles. The van der Waals surface area contributed by atoms with Gasteiger partial charge >= 0.3 is 0 Å². The molecule has 0 radical (unpaired) electrons. The molecule has 1 aliphatic rings. The van der Waals surface area contributed by atoms with E-state index < -0.39 is 0 Å². The third kappa shape index (κ3) is 0.954. The molecule has 2 aromatic rings. The largest absolute Gasteiger partial charge is 0.488 e. The van der Waals surface area contributed by atoms with Crippen LogP contribution in [0.25, 0.3) is 11.3 Å². The highest BCUT2D eigenvalue weighted by Crippen LogP contribution is 2.35. The fraction of sp³-hybridized carbons (Fsp3) is 0.182. The van der Waals surface area contributed by atoms with Gasteiger partial charge in [0.2, 0.25) is 0 Å². The first-order valence-corrected chi connectivity index (χ1v) is 4.59. The van der Waals surface area contributed by atoms with Gasteiger partial charge in [0.05, 0.1) is 0 Å². The molecular formula is C11H10N2O. The van der Waals surface area contributed by atoms with E-state index in [4.69, 9.17) is 4.74 Å². The molecule has 1 aromatic carbocycles. The third-order valence-electron chi connectivity index (χ3n) is 2.43. The molecule has 3 heteroatoms. The molecular weight excluding hydrogens is 176 g/mol. The zero-order chi connectivity index (χ0) is 9.54. The molecule has 0 fully saturated rings. The number of ether oxygens (including phenoxy) is 1. The summed E-state index contributed by atoms with van der Waals surface area (Å²) < 4.78 is 7.44. The van der Waals surface area contributed by atoms with Gasteiger partial charge in [0, 0.05) is 24.4 Å². The summed E-state index contributed by atoms with van der Waals surface area (Å²) in [4.78, 5) is 0. The van der Waals surface area contributed by atoms with Gasteiger partial charge < -0.3 is 4.74 Å². The number of para-hydroxylation sites is 1. The molecule has 0 saturated carbocycles. The van der Waals surface area contributed by atoms with E-state index in [2.05, 4.69) is 5.10 Å². The Morgan fingerprint density at radius 2 is 2.21 bits per heavy atom. The molecule has 0 N–H and O–H groups in total. The maximum atomic E-state index is 5.61. The van der Waals surface area contributed by atoms with Crippen LogP contribution in [0.3, 0.4) is 0 Å². The van der Waals surface area contributed by atoms with Crippen molar-refractivity contribution in [2.24, 2.45) is 7.05 Å². The Hall–Kier alpha value is -1.77. The summed E-state index contributed by atoms with van der Waals surface area (Å²) in [5.74, 6) is 0.929. The van der Waals surface area contributed by atoms with Crippen LogP contribution in [0.5, 0.6) is 5.75 Å². The van der Waals surface area contributed by atoms with E-state index in [0.717, 1.165) is 22.6 Å². The maximum absolute atomic E-state index is 5.61. The van der Waals surface area contributed by atoms with Gasteiger partial charge in [-0.2, -0.15) is 5.10 Å². The van der Waals surface area contributed by atoms with E-state index in [0.29, 0.717) is 6.61 Å². The van der Waals surface area contributed by atoms with Crippen LogP contribution in [0.1, 0.15) is 5.56 Å². The summed E-state index contributed by atoms with van der Waals surface area (Å²) in [5.41, 5.74) is 3.30. The number of aromatic nitrogens is 2. The van der Waals surface area contributed by atoms with Gasteiger partial charge in [-0.1, -0.05) is 12.1 Å². The van der Waals surface area contributed by atoms with Gasteiger partial charge in [-0.05, 0) is 12.1 Å². The number of hydrogen-bond acceptors (Lipinski definition) is 2. The Morgan fingerprint density at radius 3 is 3.14 bits per heavy atom. The number of benzene rings is 1. The summed E-state index contributed by atoms with van der Waals surface area (Å²) in [5, 5.41) is 4.43. The van der Waals surface area contributed by atoms with E-state index in [1.54, 1.807) is 0 Å². The minimum absolute atomic E-state index is 0.625. The quantitative estimate of drug-likeness (QED) is 0.629. The number of hydrogen-bond donors (Lipinski definition) is 0. The smallest absolute Gasteiger partial charge is 0.129 e. The predicted octanol–water partition coefficient (Wildman–Crippen LogP) is 1.98. The molecule has 0 saturated heterocycles.